The first-order chi connectivity index (χ1) is 15.1. The highest BCUT2D eigenvalue weighted by atomic mass is 19.1. The van der Waals surface area contributed by atoms with Gasteiger partial charge in [0.1, 0.15) is 11.6 Å². The second-order valence-electron chi connectivity index (χ2n) is 11.4. The summed E-state index contributed by atoms with van der Waals surface area (Å²) < 4.78 is 27.3. The van der Waals surface area contributed by atoms with Crippen LogP contribution in [0.5, 0.6) is 0 Å². The molecule has 3 fully saturated rings. The van der Waals surface area contributed by atoms with Crippen LogP contribution in [0, 0.1) is 41.2 Å². The molecule has 0 spiro atoms. The average Bonchev–Trinajstić information content (AvgIpc) is 2.77. The highest BCUT2D eigenvalue weighted by Gasteiger charge is 2.36. The zero-order valence-corrected chi connectivity index (χ0v) is 19.8. The first-order valence-electron chi connectivity index (χ1n) is 13.6. The van der Waals surface area contributed by atoms with Crippen LogP contribution < -0.4 is 0 Å². The summed E-state index contributed by atoms with van der Waals surface area (Å²) in [5.41, 5.74) is 0.892. The molecule has 1 aromatic carbocycles. The largest absolute Gasteiger partial charge is 0.207 e. The van der Waals surface area contributed by atoms with Crippen molar-refractivity contribution in [3.8, 4) is 0 Å². The topological polar surface area (TPSA) is 0 Å². The molecule has 4 unspecified atom stereocenters. The van der Waals surface area contributed by atoms with Gasteiger partial charge in [0.25, 0.3) is 0 Å². The molecule has 0 amide bonds. The lowest BCUT2D eigenvalue weighted by atomic mass is 9.63. The molecule has 0 N–H and O–H groups in total. The van der Waals surface area contributed by atoms with Gasteiger partial charge in [0.05, 0.1) is 0 Å². The van der Waals surface area contributed by atoms with Gasteiger partial charge in [0.15, 0.2) is 0 Å². The molecule has 3 aliphatic carbocycles. The van der Waals surface area contributed by atoms with Crippen LogP contribution in [0.25, 0.3) is 0 Å². The molecule has 31 heavy (non-hydrogen) atoms. The van der Waals surface area contributed by atoms with Gasteiger partial charge in [-0.05, 0) is 85.3 Å². The van der Waals surface area contributed by atoms with Crippen molar-refractivity contribution >= 4 is 0 Å². The lowest BCUT2D eigenvalue weighted by molar-refractivity contribution is 0.108. The number of unbranched alkanes of at least 4 members (excludes halogenated alkanes) is 2. The van der Waals surface area contributed by atoms with Gasteiger partial charge in [-0.1, -0.05) is 77.6 Å². The van der Waals surface area contributed by atoms with Crippen molar-refractivity contribution in [2.75, 3.05) is 0 Å². The second kappa shape index (κ2) is 11.3. The molecule has 0 saturated heterocycles. The first-order valence-corrected chi connectivity index (χ1v) is 13.6. The van der Waals surface area contributed by atoms with Crippen molar-refractivity contribution in [1.82, 2.24) is 0 Å². The van der Waals surface area contributed by atoms with Crippen LogP contribution in [-0.2, 0) is 0 Å². The Bertz CT molecular complexity index is 655. The Morgan fingerprint density at radius 2 is 1.23 bits per heavy atom. The Balaban J connectivity index is 1.17. The van der Waals surface area contributed by atoms with Crippen molar-refractivity contribution in [1.29, 1.82) is 0 Å². The van der Waals surface area contributed by atoms with E-state index >= 15 is 0 Å². The van der Waals surface area contributed by atoms with Crippen molar-refractivity contribution in [2.45, 2.75) is 116 Å². The second-order valence-corrected chi connectivity index (χ2v) is 11.4. The number of hydrogen-bond donors (Lipinski definition) is 0. The zero-order valence-electron chi connectivity index (χ0n) is 19.8. The minimum Gasteiger partial charge on any atom is -0.207 e. The molecule has 3 saturated carbocycles. The molecule has 174 valence electrons. The minimum absolute atomic E-state index is 0.357. The Hall–Kier alpha value is -0.920. The summed E-state index contributed by atoms with van der Waals surface area (Å²) in [6.07, 6.45) is 22.2. The van der Waals surface area contributed by atoms with E-state index in [9.17, 15) is 8.78 Å². The van der Waals surface area contributed by atoms with Gasteiger partial charge in [-0.15, -0.1) is 0 Å². The van der Waals surface area contributed by atoms with Crippen LogP contribution in [0.3, 0.4) is 0 Å². The number of rotatable bonds is 8. The van der Waals surface area contributed by atoms with Crippen LogP contribution in [0.15, 0.2) is 18.2 Å². The normalized spacial score (nSPS) is 33.8. The molecular weight excluding hydrogens is 386 g/mol. The molecular formula is C29H44F2. The Kier molecular flexibility index (Phi) is 8.46. The standard InChI is InChI=1S/C29H44F2/c1-2-3-4-5-21-6-8-22(9-7-21)10-11-23-12-13-25-17-26(15-14-24(25)16-23)27-18-28(30)20-29(31)19-27/h18-26H,2-17H2,1H3. The van der Waals surface area contributed by atoms with E-state index in [0.717, 1.165) is 54.1 Å². The highest BCUT2D eigenvalue weighted by molar-refractivity contribution is 5.22. The summed E-state index contributed by atoms with van der Waals surface area (Å²) >= 11 is 0. The first kappa shape index (κ1) is 23.2. The van der Waals surface area contributed by atoms with Gasteiger partial charge in [-0.2, -0.15) is 0 Å². The highest BCUT2D eigenvalue weighted by Crippen LogP contribution is 2.49. The third-order valence-electron chi connectivity index (χ3n) is 9.24. The van der Waals surface area contributed by atoms with E-state index in [0.29, 0.717) is 5.92 Å². The molecule has 4 rings (SSSR count). The van der Waals surface area contributed by atoms with Gasteiger partial charge < -0.3 is 0 Å². The van der Waals surface area contributed by atoms with Gasteiger partial charge >= 0.3 is 0 Å². The van der Waals surface area contributed by atoms with Crippen LogP contribution in [0.1, 0.15) is 121 Å². The van der Waals surface area contributed by atoms with Crippen LogP contribution >= 0.6 is 0 Å². The van der Waals surface area contributed by atoms with E-state index in [1.807, 2.05) is 0 Å². The maximum Gasteiger partial charge on any atom is 0.126 e. The maximum atomic E-state index is 13.7. The van der Waals surface area contributed by atoms with E-state index in [-0.39, 0.29) is 0 Å². The van der Waals surface area contributed by atoms with E-state index in [1.165, 1.54) is 89.9 Å². The lowest BCUT2D eigenvalue weighted by Gasteiger charge is -2.42. The smallest absolute Gasteiger partial charge is 0.126 e. The van der Waals surface area contributed by atoms with Gasteiger partial charge in [-0.3, -0.25) is 0 Å². The summed E-state index contributed by atoms with van der Waals surface area (Å²) in [6, 6.07) is 4.13. The van der Waals surface area contributed by atoms with Gasteiger partial charge in [-0.25, -0.2) is 8.78 Å². The monoisotopic (exact) mass is 430 g/mol. The third kappa shape index (κ3) is 6.55. The van der Waals surface area contributed by atoms with E-state index in [1.54, 1.807) is 12.1 Å². The Morgan fingerprint density at radius 3 is 1.94 bits per heavy atom. The SMILES string of the molecule is CCCCCC1CCC(CCC2CCC3CC(c4cc(F)cc(F)c4)CCC3C2)CC1. The summed E-state index contributed by atoms with van der Waals surface area (Å²) in [5, 5.41) is 0. The number of halogens is 2. The number of hydrogen-bond acceptors (Lipinski definition) is 0. The van der Waals surface area contributed by atoms with Gasteiger partial charge in [0.2, 0.25) is 0 Å². The van der Waals surface area contributed by atoms with E-state index < -0.39 is 11.6 Å². The van der Waals surface area contributed by atoms with Crippen molar-refractivity contribution in [3.63, 3.8) is 0 Å². The van der Waals surface area contributed by atoms with Crippen LogP contribution in [0.2, 0.25) is 0 Å². The summed E-state index contributed by atoms with van der Waals surface area (Å²) in [7, 11) is 0. The molecule has 0 radical (unpaired) electrons. The summed E-state index contributed by atoms with van der Waals surface area (Å²) in [6.45, 7) is 2.31. The van der Waals surface area contributed by atoms with E-state index in [2.05, 4.69) is 6.92 Å². The fourth-order valence-corrected chi connectivity index (χ4v) is 7.33. The maximum absolute atomic E-state index is 13.7. The molecule has 4 atom stereocenters. The van der Waals surface area contributed by atoms with Crippen LogP contribution in [0.4, 0.5) is 8.78 Å². The molecule has 0 heterocycles. The fourth-order valence-electron chi connectivity index (χ4n) is 7.33. The molecule has 0 aliphatic heterocycles. The van der Waals surface area contributed by atoms with Crippen molar-refractivity contribution in [2.24, 2.45) is 29.6 Å². The zero-order chi connectivity index (χ0) is 21.6. The van der Waals surface area contributed by atoms with Crippen molar-refractivity contribution < 1.29 is 8.78 Å². The minimum atomic E-state index is -0.421. The fraction of sp³-hybridized carbons (Fsp3) is 0.793. The summed E-state index contributed by atoms with van der Waals surface area (Å²) in [4.78, 5) is 0. The number of benzene rings is 1. The molecule has 0 nitrogen and oxygen atoms in total. The molecule has 2 heteroatoms. The molecule has 0 bridgehead atoms. The van der Waals surface area contributed by atoms with Crippen molar-refractivity contribution in [3.05, 3.63) is 35.4 Å². The predicted molar refractivity (Wildman–Crippen MR) is 126 cm³/mol. The lowest BCUT2D eigenvalue weighted by Crippen LogP contribution is -2.30. The summed E-state index contributed by atoms with van der Waals surface area (Å²) in [5.74, 6) is 4.12. The third-order valence-corrected chi connectivity index (χ3v) is 9.24. The predicted octanol–water partition coefficient (Wildman–Crippen LogP) is 9.43. The van der Waals surface area contributed by atoms with Gasteiger partial charge in [0, 0.05) is 6.07 Å². The number of fused-ring (bicyclic) bond motifs is 1. The molecule has 3 aliphatic rings. The Labute approximate surface area is 189 Å². The average molecular weight is 431 g/mol. The van der Waals surface area contributed by atoms with E-state index in [4.69, 9.17) is 0 Å². The molecule has 1 aromatic rings. The molecule has 0 aromatic heterocycles. The Morgan fingerprint density at radius 1 is 0.645 bits per heavy atom. The quantitative estimate of drug-likeness (QED) is 0.360. The van der Waals surface area contributed by atoms with Crippen LogP contribution in [-0.4, -0.2) is 0 Å².